The Morgan fingerprint density at radius 3 is 2.12 bits per heavy atom. The molecular weight excluding hydrogens is 310 g/mol. The second-order valence-electron chi connectivity index (χ2n) is 6.01. The van der Waals surface area contributed by atoms with Gasteiger partial charge in [0.05, 0.1) is 7.11 Å². The molecule has 0 aliphatic heterocycles. The minimum Gasteiger partial charge on any atom is -0.504 e. The van der Waals surface area contributed by atoms with Crippen molar-refractivity contribution in [2.24, 2.45) is 0 Å². The van der Waals surface area contributed by atoms with Gasteiger partial charge in [0, 0.05) is 18.2 Å². The molecule has 2 N–H and O–H groups in total. The van der Waals surface area contributed by atoms with E-state index in [1.54, 1.807) is 13.2 Å². The number of phenolic OH excluding ortho intramolecular Hbond substituents is 1. The summed E-state index contributed by atoms with van der Waals surface area (Å²) in [6.07, 6.45) is 0.786. The summed E-state index contributed by atoms with van der Waals surface area (Å²) in [7, 11) is 1.57. The van der Waals surface area contributed by atoms with Crippen molar-refractivity contribution in [3.63, 3.8) is 0 Å². The lowest BCUT2D eigenvalue weighted by molar-refractivity contribution is 0.365. The van der Waals surface area contributed by atoms with Gasteiger partial charge < -0.3 is 15.2 Å². The fraction of sp³-hybridized carbons (Fsp3) is 0.182. The first-order valence-corrected chi connectivity index (χ1v) is 8.45. The highest BCUT2D eigenvalue weighted by atomic mass is 16.5. The molecule has 0 saturated heterocycles. The lowest BCUT2D eigenvalue weighted by Crippen LogP contribution is -2.23. The zero-order valence-electron chi connectivity index (χ0n) is 14.4. The third-order valence-corrected chi connectivity index (χ3v) is 4.30. The first-order valence-electron chi connectivity index (χ1n) is 8.45. The summed E-state index contributed by atoms with van der Waals surface area (Å²) in [6, 6.07) is 26.2. The van der Waals surface area contributed by atoms with E-state index in [9.17, 15) is 5.11 Å². The monoisotopic (exact) mass is 333 g/mol. The Hall–Kier alpha value is -2.78. The number of nitrogens with one attached hydrogen (secondary N) is 1. The van der Waals surface area contributed by atoms with Crippen molar-refractivity contribution in [1.29, 1.82) is 0 Å². The molecule has 0 fully saturated rings. The molecule has 0 radical (unpaired) electrons. The number of rotatable bonds is 7. The lowest BCUT2D eigenvalue weighted by Gasteiger charge is -2.21. The van der Waals surface area contributed by atoms with Crippen molar-refractivity contribution >= 4 is 0 Å². The normalized spacial score (nSPS) is 11.9. The Bertz CT molecular complexity index is 788. The SMILES string of the molecule is COc1cccc([C@@H](Cc2ccccc2)NCc2ccccc2)c1O. The van der Waals surface area contributed by atoms with E-state index >= 15 is 0 Å². The predicted octanol–water partition coefficient (Wildman–Crippen LogP) is 4.47. The van der Waals surface area contributed by atoms with E-state index in [0.717, 1.165) is 18.5 Å². The molecule has 3 rings (SSSR count). The summed E-state index contributed by atoms with van der Waals surface area (Å²) < 4.78 is 5.27. The predicted molar refractivity (Wildman–Crippen MR) is 101 cm³/mol. The molecule has 0 bridgehead atoms. The van der Waals surface area contributed by atoms with Gasteiger partial charge in [0.15, 0.2) is 11.5 Å². The van der Waals surface area contributed by atoms with Gasteiger partial charge in [0.1, 0.15) is 0 Å². The number of hydrogen-bond acceptors (Lipinski definition) is 3. The van der Waals surface area contributed by atoms with Crippen LogP contribution in [-0.4, -0.2) is 12.2 Å². The zero-order valence-corrected chi connectivity index (χ0v) is 14.4. The quantitative estimate of drug-likeness (QED) is 0.670. The molecule has 3 nitrogen and oxygen atoms in total. The molecule has 1 atom stereocenters. The van der Waals surface area contributed by atoms with Crippen LogP contribution < -0.4 is 10.1 Å². The van der Waals surface area contributed by atoms with Crippen LogP contribution in [0.1, 0.15) is 22.7 Å². The van der Waals surface area contributed by atoms with Crippen LogP contribution in [0.5, 0.6) is 11.5 Å². The molecule has 0 unspecified atom stereocenters. The van der Waals surface area contributed by atoms with Crippen molar-refractivity contribution < 1.29 is 9.84 Å². The highest BCUT2D eigenvalue weighted by Crippen LogP contribution is 2.34. The first-order chi connectivity index (χ1) is 12.3. The largest absolute Gasteiger partial charge is 0.504 e. The van der Waals surface area contributed by atoms with Crippen LogP contribution in [0.25, 0.3) is 0 Å². The fourth-order valence-electron chi connectivity index (χ4n) is 2.96. The summed E-state index contributed by atoms with van der Waals surface area (Å²) in [5, 5.41) is 14.1. The Labute approximate surface area is 148 Å². The van der Waals surface area contributed by atoms with Crippen LogP contribution >= 0.6 is 0 Å². The fourth-order valence-corrected chi connectivity index (χ4v) is 2.96. The van der Waals surface area contributed by atoms with Crippen molar-refractivity contribution in [2.45, 2.75) is 19.0 Å². The molecule has 0 spiro atoms. The molecule has 0 saturated carbocycles. The highest BCUT2D eigenvalue weighted by molar-refractivity contribution is 5.47. The van der Waals surface area contributed by atoms with Crippen LogP contribution in [0.4, 0.5) is 0 Å². The standard InChI is InChI=1S/C22H23NO2/c1-25-21-14-8-13-19(22(21)24)20(15-17-9-4-2-5-10-17)23-16-18-11-6-3-7-12-18/h2-14,20,23-24H,15-16H2,1H3/t20-/m1/s1. The maximum atomic E-state index is 10.6. The Kier molecular flexibility index (Phi) is 5.70. The number of ether oxygens (including phenoxy) is 1. The Balaban J connectivity index is 1.86. The molecule has 0 aliphatic rings. The number of aromatic hydroxyl groups is 1. The molecule has 3 heteroatoms. The third-order valence-electron chi connectivity index (χ3n) is 4.30. The number of hydrogen-bond donors (Lipinski definition) is 2. The maximum absolute atomic E-state index is 10.6. The molecule has 3 aromatic carbocycles. The Morgan fingerprint density at radius 2 is 1.48 bits per heavy atom. The number of phenols is 1. The molecular formula is C22H23NO2. The number of para-hydroxylation sites is 1. The average molecular weight is 333 g/mol. The second-order valence-corrected chi connectivity index (χ2v) is 6.01. The van der Waals surface area contributed by atoms with Crippen molar-refractivity contribution in [3.8, 4) is 11.5 Å². The van der Waals surface area contributed by atoms with Gasteiger partial charge in [-0.3, -0.25) is 0 Å². The van der Waals surface area contributed by atoms with Crippen LogP contribution in [0.2, 0.25) is 0 Å². The van der Waals surface area contributed by atoms with Gasteiger partial charge in [-0.05, 0) is 23.6 Å². The number of benzene rings is 3. The molecule has 0 heterocycles. The second kappa shape index (κ2) is 8.36. The molecule has 25 heavy (non-hydrogen) atoms. The van der Waals surface area contributed by atoms with Crippen LogP contribution in [0, 0.1) is 0 Å². The smallest absolute Gasteiger partial charge is 0.162 e. The molecule has 0 aromatic heterocycles. The summed E-state index contributed by atoms with van der Waals surface area (Å²) in [5.41, 5.74) is 3.28. The third kappa shape index (κ3) is 4.40. The average Bonchev–Trinajstić information content (AvgIpc) is 2.67. The minimum atomic E-state index is -0.0160. The van der Waals surface area contributed by atoms with Gasteiger partial charge in [-0.1, -0.05) is 72.8 Å². The van der Waals surface area contributed by atoms with E-state index in [0.29, 0.717) is 5.75 Å². The molecule has 0 amide bonds. The Morgan fingerprint density at radius 1 is 0.840 bits per heavy atom. The van der Waals surface area contributed by atoms with Crippen LogP contribution in [-0.2, 0) is 13.0 Å². The number of methoxy groups -OCH3 is 1. The topological polar surface area (TPSA) is 41.5 Å². The molecule has 128 valence electrons. The van der Waals surface area contributed by atoms with Gasteiger partial charge >= 0.3 is 0 Å². The van der Waals surface area contributed by atoms with E-state index < -0.39 is 0 Å². The van der Waals surface area contributed by atoms with E-state index in [1.807, 2.05) is 48.5 Å². The van der Waals surface area contributed by atoms with Crippen molar-refractivity contribution in [1.82, 2.24) is 5.32 Å². The first kappa shape index (κ1) is 17.1. The van der Waals surface area contributed by atoms with Crippen molar-refractivity contribution in [2.75, 3.05) is 7.11 Å². The summed E-state index contributed by atoms with van der Waals surface area (Å²) >= 11 is 0. The summed E-state index contributed by atoms with van der Waals surface area (Å²) in [6.45, 7) is 0.731. The van der Waals surface area contributed by atoms with Gasteiger partial charge in [0.2, 0.25) is 0 Å². The molecule has 3 aromatic rings. The minimum absolute atomic E-state index is 0.0160. The van der Waals surface area contributed by atoms with E-state index in [1.165, 1.54) is 11.1 Å². The van der Waals surface area contributed by atoms with Gasteiger partial charge in [-0.15, -0.1) is 0 Å². The zero-order chi connectivity index (χ0) is 17.5. The summed E-state index contributed by atoms with van der Waals surface area (Å²) in [4.78, 5) is 0. The summed E-state index contributed by atoms with van der Waals surface area (Å²) in [5.74, 6) is 0.698. The highest BCUT2D eigenvalue weighted by Gasteiger charge is 2.18. The van der Waals surface area contributed by atoms with Gasteiger partial charge in [-0.25, -0.2) is 0 Å². The molecule has 0 aliphatic carbocycles. The van der Waals surface area contributed by atoms with Crippen LogP contribution in [0.3, 0.4) is 0 Å². The van der Waals surface area contributed by atoms with E-state index in [4.69, 9.17) is 4.74 Å². The maximum Gasteiger partial charge on any atom is 0.162 e. The lowest BCUT2D eigenvalue weighted by atomic mass is 9.97. The van der Waals surface area contributed by atoms with E-state index in [2.05, 4.69) is 29.6 Å². The van der Waals surface area contributed by atoms with Crippen molar-refractivity contribution in [3.05, 3.63) is 95.6 Å². The van der Waals surface area contributed by atoms with Gasteiger partial charge in [-0.2, -0.15) is 0 Å². The van der Waals surface area contributed by atoms with Crippen LogP contribution in [0.15, 0.2) is 78.9 Å². The van der Waals surface area contributed by atoms with Gasteiger partial charge in [0.25, 0.3) is 0 Å². The van der Waals surface area contributed by atoms with E-state index in [-0.39, 0.29) is 11.8 Å².